The highest BCUT2D eigenvalue weighted by Gasteiger charge is 2.19. The summed E-state index contributed by atoms with van der Waals surface area (Å²) in [6, 6.07) is 20.9. The molecule has 0 spiro atoms. The quantitative estimate of drug-likeness (QED) is 0.456. The molecule has 4 aromatic carbocycles. The molecular formula is C23H20O4. The fourth-order valence-corrected chi connectivity index (χ4v) is 3.53. The summed E-state index contributed by atoms with van der Waals surface area (Å²) in [6.07, 6.45) is 0. The van der Waals surface area contributed by atoms with Crippen molar-refractivity contribution in [3.63, 3.8) is 0 Å². The number of aromatic hydroxyl groups is 2. The van der Waals surface area contributed by atoms with Crippen molar-refractivity contribution in [3.05, 3.63) is 72.3 Å². The van der Waals surface area contributed by atoms with Crippen LogP contribution in [0.2, 0.25) is 0 Å². The van der Waals surface area contributed by atoms with Crippen LogP contribution in [0.4, 0.5) is 0 Å². The molecule has 4 rings (SSSR count). The van der Waals surface area contributed by atoms with Gasteiger partial charge in [0.25, 0.3) is 0 Å². The largest absolute Gasteiger partial charge is 0.507 e. The molecule has 0 heterocycles. The predicted molar refractivity (Wildman–Crippen MR) is 107 cm³/mol. The Labute approximate surface area is 156 Å². The van der Waals surface area contributed by atoms with E-state index in [1.807, 2.05) is 60.7 Å². The summed E-state index contributed by atoms with van der Waals surface area (Å²) in [6.45, 7) is 0.294. The number of aliphatic hydroxyl groups excluding tert-OH is 1. The van der Waals surface area contributed by atoms with Crippen molar-refractivity contribution in [1.29, 1.82) is 0 Å². The van der Waals surface area contributed by atoms with Gasteiger partial charge in [0.1, 0.15) is 11.5 Å². The average molecular weight is 360 g/mol. The molecule has 4 nitrogen and oxygen atoms in total. The summed E-state index contributed by atoms with van der Waals surface area (Å²) in [5, 5.41) is 34.3. The Morgan fingerprint density at radius 3 is 2.15 bits per heavy atom. The highest BCUT2D eigenvalue weighted by atomic mass is 16.5. The molecule has 0 amide bonds. The van der Waals surface area contributed by atoms with Crippen LogP contribution in [-0.4, -0.2) is 28.5 Å². The Morgan fingerprint density at radius 1 is 0.741 bits per heavy atom. The van der Waals surface area contributed by atoms with E-state index in [0.29, 0.717) is 16.7 Å². The second-order valence-corrected chi connectivity index (χ2v) is 6.44. The molecule has 0 aromatic heterocycles. The van der Waals surface area contributed by atoms with Crippen LogP contribution < -0.4 is 0 Å². The first kappa shape index (κ1) is 17.3. The summed E-state index contributed by atoms with van der Waals surface area (Å²) in [5.74, 6) is 0.195. The van der Waals surface area contributed by atoms with Gasteiger partial charge in [-0.25, -0.2) is 0 Å². The number of benzene rings is 4. The summed E-state index contributed by atoms with van der Waals surface area (Å²) < 4.78 is 5.43. The number of phenolic OH excluding ortho intramolecular Hbond substituents is 2. The molecule has 0 aliphatic heterocycles. The van der Waals surface area contributed by atoms with Crippen molar-refractivity contribution in [3.8, 4) is 22.6 Å². The molecule has 0 unspecified atom stereocenters. The summed E-state index contributed by atoms with van der Waals surface area (Å²) in [5.41, 5.74) is 1.81. The number of hydrogen-bond donors (Lipinski definition) is 3. The van der Waals surface area contributed by atoms with Crippen molar-refractivity contribution in [2.45, 2.75) is 6.61 Å². The first-order valence-corrected chi connectivity index (χ1v) is 8.84. The fraction of sp³-hybridized carbons (Fsp3) is 0.130. The first-order valence-electron chi connectivity index (χ1n) is 8.84. The highest BCUT2D eigenvalue weighted by Crippen LogP contribution is 2.46. The molecule has 27 heavy (non-hydrogen) atoms. The van der Waals surface area contributed by atoms with Crippen molar-refractivity contribution < 1.29 is 20.1 Å². The Kier molecular flexibility index (Phi) is 4.67. The van der Waals surface area contributed by atoms with E-state index in [0.717, 1.165) is 21.5 Å². The van der Waals surface area contributed by atoms with Crippen LogP contribution in [0.5, 0.6) is 11.5 Å². The lowest BCUT2D eigenvalue weighted by molar-refractivity contribution is 0.0805. The third kappa shape index (κ3) is 3.10. The van der Waals surface area contributed by atoms with Gasteiger partial charge in [-0.1, -0.05) is 54.6 Å². The van der Waals surface area contributed by atoms with Gasteiger partial charge in [0.15, 0.2) is 0 Å². The molecule has 0 aliphatic carbocycles. The number of aliphatic hydroxyl groups is 1. The van der Waals surface area contributed by atoms with Crippen LogP contribution in [-0.2, 0) is 11.3 Å². The van der Waals surface area contributed by atoms with Crippen molar-refractivity contribution in [2.75, 3.05) is 13.2 Å². The van der Waals surface area contributed by atoms with Gasteiger partial charge in [-0.3, -0.25) is 0 Å². The zero-order chi connectivity index (χ0) is 18.8. The predicted octanol–water partition coefficient (Wildman–Crippen LogP) is 4.58. The smallest absolute Gasteiger partial charge is 0.129 e. The van der Waals surface area contributed by atoms with Crippen LogP contribution in [0, 0.1) is 0 Å². The van der Waals surface area contributed by atoms with E-state index in [1.54, 1.807) is 6.07 Å². The third-order valence-electron chi connectivity index (χ3n) is 4.75. The molecule has 0 atom stereocenters. The second-order valence-electron chi connectivity index (χ2n) is 6.44. The molecule has 0 saturated heterocycles. The SMILES string of the molecule is OCCOCc1cc2ccccc2c(-c2c(O)ccc3ccccc23)c1O. The first-order chi connectivity index (χ1) is 13.2. The van der Waals surface area contributed by atoms with Crippen molar-refractivity contribution in [2.24, 2.45) is 0 Å². The third-order valence-corrected chi connectivity index (χ3v) is 4.75. The standard InChI is InChI=1S/C23H20O4/c24-11-12-27-14-17-13-16-6-2-4-8-19(16)22(23(17)26)21-18-7-3-1-5-15(18)9-10-20(21)25/h1-10,13,24-26H,11-12,14H2. The minimum atomic E-state index is -0.0781. The van der Waals surface area contributed by atoms with E-state index in [1.165, 1.54) is 0 Å². The Hall–Kier alpha value is -3.08. The minimum absolute atomic E-state index is 0.0781. The summed E-state index contributed by atoms with van der Waals surface area (Å²) in [4.78, 5) is 0. The van der Waals surface area contributed by atoms with Crippen LogP contribution >= 0.6 is 0 Å². The molecule has 0 saturated carbocycles. The van der Waals surface area contributed by atoms with Crippen molar-refractivity contribution in [1.82, 2.24) is 0 Å². The number of hydrogen-bond acceptors (Lipinski definition) is 4. The normalized spacial score (nSPS) is 11.3. The van der Waals surface area contributed by atoms with Crippen LogP contribution in [0.1, 0.15) is 5.56 Å². The molecule has 0 fully saturated rings. The van der Waals surface area contributed by atoms with Gasteiger partial charge in [-0.15, -0.1) is 0 Å². The summed E-state index contributed by atoms with van der Waals surface area (Å²) in [7, 11) is 0. The van der Waals surface area contributed by atoms with E-state index in [2.05, 4.69) is 0 Å². The van der Waals surface area contributed by atoms with E-state index in [4.69, 9.17) is 9.84 Å². The van der Waals surface area contributed by atoms with Gasteiger partial charge >= 0.3 is 0 Å². The Balaban J connectivity index is 2.04. The van der Waals surface area contributed by atoms with Crippen LogP contribution in [0.15, 0.2) is 66.7 Å². The molecule has 136 valence electrons. The zero-order valence-electron chi connectivity index (χ0n) is 14.7. The van der Waals surface area contributed by atoms with Gasteiger partial charge in [-0.2, -0.15) is 0 Å². The van der Waals surface area contributed by atoms with Gasteiger partial charge in [0.05, 0.1) is 19.8 Å². The van der Waals surface area contributed by atoms with Crippen LogP contribution in [0.25, 0.3) is 32.7 Å². The number of rotatable bonds is 5. The van der Waals surface area contributed by atoms with E-state index >= 15 is 0 Å². The lowest BCUT2D eigenvalue weighted by Gasteiger charge is -2.17. The molecule has 4 heteroatoms. The van der Waals surface area contributed by atoms with E-state index in [-0.39, 0.29) is 31.3 Å². The number of phenols is 2. The maximum Gasteiger partial charge on any atom is 0.129 e. The average Bonchev–Trinajstić information content (AvgIpc) is 2.69. The zero-order valence-corrected chi connectivity index (χ0v) is 14.7. The molecule has 0 radical (unpaired) electrons. The van der Waals surface area contributed by atoms with Crippen molar-refractivity contribution >= 4 is 21.5 Å². The molecule has 3 N–H and O–H groups in total. The van der Waals surface area contributed by atoms with Gasteiger partial charge in [0.2, 0.25) is 0 Å². The maximum absolute atomic E-state index is 11.1. The maximum atomic E-state index is 11.1. The Bertz CT molecular complexity index is 1120. The monoisotopic (exact) mass is 360 g/mol. The van der Waals surface area contributed by atoms with Gasteiger partial charge < -0.3 is 20.1 Å². The fourth-order valence-electron chi connectivity index (χ4n) is 3.53. The molecule has 0 bridgehead atoms. The minimum Gasteiger partial charge on any atom is -0.507 e. The highest BCUT2D eigenvalue weighted by molar-refractivity contribution is 6.10. The van der Waals surface area contributed by atoms with Crippen LogP contribution in [0.3, 0.4) is 0 Å². The number of fused-ring (bicyclic) bond motifs is 2. The summed E-state index contributed by atoms with van der Waals surface area (Å²) >= 11 is 0. The van der Waals surface area contributed by atoms with E-state index in [9.17, 15) is 10.2 Å². The molecule has 4 aromatic rings. The van der Waals surface area contributed by atoms with E-state index < -0.39 is 0 Å². The van der Waals surface area contributed by atoms with Gasteiger partial charge in [-0.05, 0) is 33.7 Å². The number of ether oxygens (including phenoxy) is 1. The lowest BCUT2D eigenvalue weighted by atomic mass is 9.90. The molecular weight excluding hydrogens is 340 g/mol. The second kappa shape index (κ2) is 7.27. The van der Waals surface area contributed by atoms with Gasteiger partial charge in [0, 0.05) is 16.7 Å². The topological polar surface area (TPSA) is 69.9 Å². The lowest BCUT2D eigenvalue weighted by Crippen LogP contribution is -2.00. The molecule has 0 aliphatic rings. The Morgan fingerprint density at radius 2 is 1.41 bits per heavy atom.